The molecule has 1 aliphatic heterocycles. The van der Waals surface area contributed by atoms with E-state index in [1.54, 1.807) is 0 Å². The van der Waals surface area contributed by atoms with Gasteiger partial charge in [0.05, 0.1) is 6.04 Å². The molecule has 23 heavy (non-hydrogen) atoms. The largest absolute Gasteiger partial charge is 0.484 e. The maximum atomic E-state index is 12.0. The number of amides is 2. The lowest BCUT2D eigenvalue weighted by Crippen LogP contribution is -2.40. The second kappa shape index (κ2) is 6.60. The van der Waals surface area contributed by atoms with Gasteiger partial charge in [0, 0.05) is 19.0 Å². The van der Waals surface area contributed by atoms with Crippen molar-refractivity contribution < 1.29 is 14.3 Å². The molecule has 2 amide bonds. The molecule has 124 valence electrons. The molecule has 1 heterocycles. The number of carbonyl (C=O) groups is 2. The van der Waals surface area contributed by atoms with Gasteiger partial charge in [-0.3, -0.25) is 9.59 Å². The Morgan fingerprint density at radius 2 is 2.00 bits per heavy atom. The van der Waals surface area contributed by atoms with E-state index in [2.05, 4.69) is 19.2 Å². The number of benzene rings is 1. The van der Waals surface area contributed by atoms with Crippen molar-refractivity contribution in [1.29, 1.82) is 0 Å². The molecule has 1 aromatic rings. The van der Waals surface area contributed by atoms with E-state index in [4.69, 9.17) is 4.74 Å². The first kappa shape index (κ1) is 15.8. The number of carbonyl (C=O) groups excluding carboxylic acids is 2. The molecule has 1 aliphatic carbocycles. The van der Waals surface area contributed by atoms with E-state index in [1.165, 1.54) is 5.56 Å². The first-order valence-electron chi connectivity index (χ1n) is 8.34. The minimum atomic E-state index is -0.173. The third-order valence-corrected chi connectivity index (χ3v) is 4.43. The lowest BCUT2D eigenvalue weighted by atomic mass is 10.0. The zero-order valence-corrected chi connectivity index (χ0v) is 13.7. The Morgan fingerprint density at radius 1 is 1.30 bits per heavy atom. The fourth-order valence-electron chi connectivity index (χ4n) is 2.93. The first-order chi connectivity index (χ1) is 11.0. The molecule has 2 aliphatic rings. The van der Waals surface area contributed by atoms with Gasteiger partial charge in [0.1, 0.15) is 5.75 Å². The topological polar surface area (TPSA) is 58.6 Å². The van der Waals surface area contributed by atoms with Crippen molar-refractivity contribution in [1.82, 2.24) is 10.2 Å². The molecule has 1 N–H and O–H groups in total. The third kappa shape index (κ3) is 4.03. The van der Waals surface area contributed by atoms with Crippen LogP contribution < -0.4 is 10.1 Å². The average Bonchev–Trinajstić information content (AvgIpc) is 3.30. The molecule has 0 aromatic heterocycles. The van der Waals surface area contributed by atoms with Crippen LogP contribution in [0.1, 0.15) is 44.6 Å². The van der Waals surface area contributed by atoms with Crippen LogP contribution in [0.5, 0.6) is 5.75 Å². The summed E-state index contributed by atoms with van der Waals surface area (Å²) in [7, 11) is 0. The van der Waals surface area contributed by atoms with Crippen molar-refractivity contribution in [3.8, 4) is 5.75 Å². The summed E-state index contributed by atoms with van der Waals surface area (Å²) >= 11 is 0. The van der Waals surface area contributed by atoms with E-state index in [9.17, 15) is 9.59 Å². The smallest absolute Gasteiger partial charge is 0.258 e. The number of ether oxygens (including phenoxy) is 1. The van der Waals surface area contributed by atoms with Gasteiger partial charge in [-0.15, -0.1) is 0 Å². The molecule has 0 radical (unpaired) electrons. The monoisotopic (exact) mass is 316 g/mol. The highest BCUT2D eigenvalue weighted by Crippen LogP contribution is 2.30. The highest BCUT2D eigenvalue weighted by molar-refractivity contribution is 5.83. The molecule has 1 saturated heterocycles. The highest BCUT2D eigenvalue weighted by Gasteiger charge is 2.39. The summed E-state index contributed by atoms with van der Waals surface area (Å²) in [5.74, 6) is 1.14. The fourth-order valence-corrected chi connectivity index (χ4v) is 2.93. The first-order valence-corrected chi connectivity index (χ1v) is 8.34. The number of hydrogen-bond acceptors (Lipinski definition) is 3. The standard InChI is InChI=1S/C18H24N2O3/c1-12(2)13-3-7-16(8-4-13)23-11-17(21)19-14-9-18(22)20(10-14)15-5-6-15/h3-4,7-8,12,14-15H,5-6,9-11H2,1-2H3,(H,19,21). The van der Waals surface area contributed by atoms with Gasteiger partial charge in [-0.05, 0) is 36.5 Å². The van der Waals surface area contributed by atoms with Crippen LogP contribution in [-0.2, 0) is 9.59 Å². The van der Waals surface area contributed by atoms with E-state index in [-0.39, 0.29) is 24.5 Å². The van der Waals surface area contributed by atoms with E-state index in [1.807, 2.05) is 29.2 Å². The quantitative estimate of drug-likeness (QED) is 0.874. The van der Waals surface area contributed by atoms with Crippen LogP contribution in [0.4, 0.5) is 0 Å². The molecule has 1 saturated carbocycles. The van der Waals surface area contributed by atoms with Gasteiger partial charge in [-0.1, -0.05) is 26.0 Å². The lowest BCUT2D eigenvalue weighted by molar-refractivity contribution is -0.128. The predicted molar refractivity (Wildman–Crippen MR) is 87.3 cm³/mol. The number of nitrogens with zero attached hydrogens (tertiary/aromatic N) is 1. The normalized spacial score (nSPS) is 20.9. The van der Waals surface area contributed by atoms with Crippen LogP contribution in [0.25, 0.3) is 0 Å². The average molecular weight is 316 g/mol. The molecular formula is C18H24N2O3. The maximum absolute atomic E-state index is 12.0. The van der Waals surface area contributed by atoms with E-state index >= 15 is 0 Å². The Hall–Kier alpha value is -2.04. The highest BCUT2D eigenvalue weighted by atomic mass is 16.5. The molecule has 5 nitrogen and oxygen atoms in total. The molecule has 0 bridgehead atoms. The van der Waals surface area contributed by atoms with Crippen molar-refractivity contribution in [2.75, 3.05) is 13.2 Å². The third-order valence-electron chi connectivity index (χ3n) is 4.43. The van der Waals surface area contributed by atoms with Gasteiger partial charge in [-0.2, -0.15) is 0 Å². The van der Waals surface area contributed by atoms with Crippen molar-refractivity contribution >= 4 is 11.8 Å². The van der Waals surface area contributed by atoms with Gasteiger partial charge in [0.25, 0.3) is 5.91 Å². The van der Waals surface area contributed by atoms with Crippen LogP contribution in [0.3, 0.4) is 0 Å². The van der Waals surface area contributed by atoms with Gasteiger partial charge >= 0.3 is 0 Å². The zero-order valence-electron chi connectivity index (χ0n) is 13.7. The molecule has 1 aromatic carbocycles. The minimum absolute atomic E-state index is 0.0187. The summed E-state index contributed by atoms with van der Waals surface area (Å²) in [6.07, 6.45) is 2.61. The lowest BCUT2D eigenvalue weighted by Gasteiger charge is -2.16. The second-order valence-electron chi connectivity index (χ2n) is 6.76. The Labute approximate surface area is 137 Å². The minimum Gasteiger partial charge on any atom is -0.484 e. The maximum Gasteiger partial charge on any atom is 0.258 e. The Bertz CT molecular complexity index is 578. The molecule has 0 spiro atoms. The molecule has 2 fully saturated rings. The van der Waals surface area contributed by atoms with Crippen LogP contribution in [0, 0.1) is 0 Å². The summed E-state index contributed by atoms with van der Waals surface area (Å²) in [6.45, 7) is 4.89. The van der Waals surface area contributed by atoms with Gasteiger partial charge in [-0.25, -0.2) is 0 Å². The van der Waals surface area contributed by atoms with Crippen LogP contribution in [0.2, 0.25) is 0 Å². The molecule has 5 heteroatoms. The summed E-state index contributed by atoms with van der Waals surface area (Å²) in [4.78, 5) is 25.7. The van der Waals surface area contributed by atoms with Crippen LogP contribution in [-0.4, -0.2) is 41.9 Å². The summed E-state index contributed by atoms with van der Waals surface area (Å²) < 4.78 is 5.52. The van der Waals surface area contributed by atoms with E-state index < -0.39 is 0 Å². The number of hydrogen-bond donors (Lipinski definition) is 1. The molecule has 3 rings (SSSR count). The Kier molecular flexibility index (Phi) is 4.55. The Morgan fingerprint density at radius 3 is 2.61 bits per heavy atom. The van der Waals surface area contributed by atoms with Crippen molar-refractivity contribution in [3.05, 3.63) is 29.8 Å². The molecule has 1 unspecified atom stereocenters. The number of rotatable bonds is 6. The Balaban J connectivity index is 1.43. The van der Waals surface area contributed by atoms with Crippen molar-refractivity contribution in [2.45, 2.75) is 51.1 Å². The van der Waals surface area contributed by atoms with Gasteiger partial charge in [0.2, 0.25) is 5.91 Å². The van der Waals surface area contributed by atoms with Gasteiger partial charge < -0.3 is 15.0 Å². The molecule has 1 atom stereocenters. The number of nitrogens with one attached hydrogen (secondary N) is 1. The SMILES string of the molecule is CC(C)c1ccc(OCC(=O)NC2CC(=O)N(C3CC3)C2)cc1. The fraction of sp³-hybridized carbons (Fsp3) is 0.556. The second-order valence-corrected chi connectivity index (χ2v) is 6.76. The van der Waals surface area contributed by atoms with Crippen LogP contribution in [0.15, 0.2) is 24.3 Å². The summed E-state index contributed by atoms with van der Waals surface area (Å²) in [5, 5.41) is 2.90. The van der Waals surface area contributed by atoms with Crippen LogP contribution >= 0.6 is 0 Å². The summed E-state index contributed by atoms with van der Waals surface area (Å²) in [5.41, 5.74) is 1.24. The summed E-state index contributed by atoms with van der Waals surface area (Å²) in [6, 6.07) is 8.14. The number of likely N-dealkylation sites (tertiary alicyclic amines) is 1. The van der Waals surface area contributed by atoms with Crippen molar-refractivity contribution in [2.24, 2.45) is 0 Å². The van der Waals surface area contributed by atoms with Gasteiger partial charge in [0.15, 0.2) is 6.61 Å². The predicted octanol–water partition coefficient (Wildman–Crippen LogP) is 2.07. The van der Waals surface area contributed by atoms with E-state index in [0.717, 1.165) is 12.8 Å². The molecular weight excluding hydrogens is 292 g/mol. The van der Waals surface area contributed by atoms with Crippen molar-refractivity contribution in [3.63, 3.8) is 0 Å². The zero-order chi connectivity index (χ0) is 16.4. The van der Waals surface area contributed by atoms with E-state index in [0.29, 0.717) is 30.7 Å².